The fourth-order valence-corrected chi connectivity index (χ4v) is 2.92. The summed E-state index contributed by atoms with van der Waals surface area (Å²) >= 11 is 11.9. The van der Waals surface area contributed by atoms with E-state index < -0.39 is 12.0 Å². The number of halogens is 2. The molecule has 1 aliphatic carbocycles. The number of nitrogens with one attached hydrogen (secondary N) is 1. The Hall–Kier alpha value is -1.30. The third-order valence-corrected chi connectivity index (χ3v) is 4.79. The molecule has 0 aromatic heterocycles. The van der Waals surface area contributed by atoms with E-state index in [0.29, 0.717) is 16.5 Å². The van der Waals surface area contributed by atoms with E-state index in [9.17, 15) is 14.7 Å². The van der Waals surface area contributed by atoms with Crippen molar-refractivity contribution in [3.05, 3.63) is 33.8 Å². The Morgan fingerprint density at radius 1 is 1.32 bits per heavy atom. The zero-order chi connectivity index (χ0) is 18.8. The molecule has 1 aromatic rings. The zero-order valence-corrected chi connectivity index (χ0v) is 16.0. The van der Waals surface area contributed by atoms with Gasteiger partial charge in [0, 0.05) is 18.9 Å². The lowest BCUT2D eigenvalue weighted by atomic mass is 10.1. The van der Waals surface area contributed by atoms with Crippen LogP contribution < -0.4 is 5.32 Å². The molecule has 3 atom stereocenters. The Balaban J connectivity index is 1.89. The Labute approximate surface area is 157 Å². The molecule has 0 saturated heterocycles. The second kappa shape index (κ2) is 7.94. The predicted octanol–water partition coefficient (Wildman–Crippen LogP) is 3.87. The SMILES string of the molecule is CC(C)(C)OCCC(NC(=O)C1CC1c1ccc(Cl)c(Cl)c1)C(=O)O. The number of carbonyl (C=O) groups is 2. The van der Waals surface area contributed by atoms with Crippen LogP contribution >= 0.6 is 23.2 Å². The van der Waals surface area contributed by atoms with Crippen LogP contribution in [0.5, 0.6) is 0 Å². The summed E-state index contributed by atoms with van der Waals surface area (Å²) in [5.41, 5.74) is 0.597. The molecule has 0 heterocycles. The van der Waals surface area contributed by atoms with E-state index >= 15 is 0 Å². The minimum atomic E-state index is -1.06. The van der Waals surface area contributed by atoms with Crippen molar-refractivity contribution in [2.75, 3.05) is 6.61 Å². The van der Waals surface area contributed by atoms with Crippen molar-refractivity contribution in [3.8, 4) is 0 Å². The molecule has 1 fully saturated rings. The highest BCUT2D eigenvalue weighted by Crippen LogP contribution is 2.48. The van der Waals surface area contributed by atoms with Crippen LogP contribution in [0.1, 0.15) is 45.1 Å². The lowest BCUT2D eigenvalue weighted by Gasteiger charge is -2.21. The van der Waals surface area contributed by atoms with Gasteiger partial charge in [0.15, 0.2) is 0 Å². The van der Waals surface area contributed by atoms with Crippen LogP contribution in [0.2, 0.25) is 10.0 Å². The summed E-state index contributed by atoms with van der Waals surface area (Å²) < 4.78 is 5.54. The van der Waals surface area contributed by atoms with Crippen LogP contribution in [0.3, 0.4) is 0 Å². The van der Waals surface area contributed by atoms with Crippen LogP contribution in [0.15, 0.2) is 18.2 Å². The molecule has 138 valence electrons. The molecule has 1 aliphatic rings. The highest BCUT2D eigenvalue weighted by atomic mass is 35.5. The van der Waals surface area contributed by atoms with Crippen LogP contribution in [0.4, 0.5) is 0 Å². The Morgan fingerprint density at radius 3 is 2.56 bits per heavy atom. The first-order chi connectivity index (χ1) is 11.6. The van der Waals surface area contributed by atoms with E-state index in [1.54, 1.807) is 12.1 Å². The second-order valence-corrected chi connectivity index (χ2v) is 8.09. The summed E-state index contributed by atoms with van der Waals surface area (Å²) in [4.78, 5) is 23.7. The van der Waals surface area contributed by atoms with Crippen molar-refractivity contribution in [1.29, 1.82) is 0 Å². The topological polar surface area (TPSA) is 75.6 Å². The maximum atomic E-state index is 12.3. The van der Waals surface area contributed by atoms with Crippen LogP contribution in [-0.4, -0.2) is 35.2 Å². The van der Waals surface area contributed by atoms with Gasteiger partial charge in [0.2, 0.25) is 5.91 Å². The summed E-state index contributed by atoms with van der Waals surface area (Å²) in [6.07, 6.45) is 0.900. The van der Waals surface area contributed by atoms with E-state index in [2.05, 4.69) is 5.32 Å². The molecule has 1 amide bonds. The molecule has 5 nitrogen and oxygen atoms in total. The first-order valence-electron chi connectivity index (χ1n) is 8.20. The minimum absolute atomic E-state index is 0.0510. The van der Waals surface area contributed by atoms with E-state index in [-0.39, 0.29) is 36.4 Å². The van der Waals surface area contributed by atoms with Gasteiger partial charge in [-0.2, -0.15) is 0 Å². The predicted molar refractivity (Wildman–Crippen MR) is 97.2 cm³/mol. The average molecular weight is 388 g/mol. The van der Waals surface area contributed by atoms with Gasteiger partial charge in [-0.3, -0.25) is 4.79 Å². The van der Waals surface area contributed by atoms with Gasteiger partial charge in [-0.25, -0.2) is 4.79 Å². The van der Waals surface area contributed by atoms with Crippen molar-refractivity contribution >= 4 is 35.1 Å². The molecule has 0 bridgehead atoms. The number of hydrogen-bond acceptors (Lipinski definition) is 3. The van der Waals surface area contributed by atoms with Crippen molar-refractivity contribution in [1.82, 2.24) is 5.32 Å². The van der Waals surface area contributed by atoms with Gasteiger partial charge in [0.25, 0.3) is 0 Å². The number of carbonyl (C=O) groups excluding carboxylic acids is 1. The van der Waals surface area contributed by atoms with Gasteiger partial charge in [0.05, 0.1) is 15.6 Å². The summed E-state index contributed by atoms with van der Waals surface area (Å²) in [6.45, 7) is 5.95. The van der Waals surface area contributed by atoms with Crippen LogP contribution in [-0.2, 0) is 14.3 Å². The minimum Gasteiger partial charge on any atom is -0.480 e. The van der Waals surface area contributed by atoms with Crippen LogP contribution in [0, 0.1) is 5.92 Å². The van der Waals surface area contributed by atoms with E-state index in [1.165, 1.54) is 0 Å². The number of aliphatic carboxylic acids is 1. The zero-order valence-electron chi connectivity index (χ0n) is 14.5. The number of amides is 1. The van der Waals surface area contributed by atoms with Gasteiger partial charge in [0.1, 0.15) is 6.04 Å². The Kier molecular flexibility index (Phi) is 6.35. The summed E-state index contributed by atoms with van der Waals surface area (Å²) in [5.74, 6) is -1.49. The maximum absolute atomic E-state index is 12.3. The molecule has 7 heteroatoms. The van der Waals surface area contributed by atoms with Crippen LogP contribution in [0.25, 0.3) is 0 Å². The molecular formula is C18H23Cl2NO4. The molecule has 25 heavy (non-hydrogen) atoms. The third-order valence-electron chi connectivity index (χ3n) is 4.06. The highest BCUT2D eigenvalue weighted by molar-refractivity contribution is 6.42. The second-order valence-electron chi connectivity index (χ2n) is 7.27. The fourth-order valence-electron chi connectivity index (χ4n) is 2.62. The Bertz CT molecular complexity index is 657. The molecule has 0 spiro atoms. The van der Waals surface area contributed by atoms with E-state index in [0.717, 1.165) is 5.56 Å². The van der Waals surface area contributed by atoms with Gasteiger partial charge in [-0.05, 0) is 50.8 Å². The smallest absolute Gasteiger partial charge is 0.326 e. The molecule has 1 saturated carbocycles. The largest absolute Gasteiger partial charge is 0.480 e. The quantitative estimate of drug-likeness (QED) is 0.744. The standard InChI is InChI=1S/C18H23Cl2NO4/c1-18(2,3)25-7-6-15(17(23)24)21-16(22)12-9-11(12)10-4-5-13(19)14(20)8-10/h4-5,8,11-12,15H,6-7,9H2,1-3H3,(H,21,22)(H,23,24). The molecule has 3 unspecified atom stereocenters. The Morgan fingerprint density at radius 2 is 2.00 bits per heavy atom. The lowest BCUT2D eigenvalue weighted by molar-refractivity contribution is -0.143. The van der Waals surface area contributed by atoms with E-state index in [4.69, 9.17) is 27.9 Å². The van der Waals surface area contributed by atoms with Gasteiger partial charge in [-0.1, -0.05) is 29.3 Å². The average Bonchev–Trinajstić information content (AvgIpc) is 3.28. The molecular weight excluding hydrogens is 365 g/mol. The fraction of sp³-hybridized carbons (Fsp3) is 0.556. The van der Waals surface area contributed by atoms with Crippen molar-refractivity contribution < 1.29 is 19.4 Å². The molecule has 2 rings (SSSR count). The number of ether oxygens (including phenoxy) is 1. The summed E-state index contributed by atoms with van der Waals surface area (Å²) in [5, 5.41) is 12.8. The number of benzene rings is 1. The number of rotatable bonds is 7. The third kappa shape index (κ3) is 5.87. The first kappa shape index (κ1) is 20.0. The maximum Gasteiger partial charge on any atom is 0.326 e. The van der Waals surface area contributed by atoms with Crippen molar-refractivity contribution in [3.63, 3.8) is 0 Å². The highest BCUT2D eigenvalue weighted by Gasteiger charge is 2.45. The molecule has 1 aromatic carbocycles. The first-order valence-corrected chi connectivity index (χ1v) is 8.96. The number of hydrogen-bond donors (Lipinski definition) is 2. The molecule has 0 radical (unpaired) electrons. The van der Waals surface area contributed by atoms with Crippen molar-refractivity contribution in [2.45, 2.75) is 51.2 Å². The van der Waals surface area contributed by atoms with E-state index in [1.807, 2.05) is 26.8 Å². The summed E-state index contributed by atoms with van der Waals surface area (Å²) in [6, 6.07) is 4.35. The number of carboxylic acid groups (broad SMARTS) is 1. The summed E-state index contributed by atoms with van der Waals surface area (Å²) in [7, 11) is 0. The number of carboxylic acids is 1. The monoisotopic (exact) mass is 387 g/mol. The normalized spacial score (nSPS) is 20.8. The van der Waals surface area contributed by atoms with Gasteiger partial charge < -0.3 is 15.2 Å². The van der Waals surface area contributed by atoms with Crippen molar-refractivity contribution in [2.24, 2.45) is 5.92 Å². The molecule has 0 aliphatic heterocycles. The van der Waals surface area contributed by atoms with Gasteiger partial charge >= 0.3 is 5.97 Å². The van der Waals surface area contributed by atoms with Gasteiger partial charge in [-0.15, -0.1) is 0 Å². The molecule has 2 N–H and O–H groups in total. The lowest BCUT2D eigenvalue weighted by Crippen LogP contribution is -2.42.